The molecular formula is C16H17F2NO. The summed E-state index contributed by atoms with van der Waals surface area (Å²) in [4.78, 5) is 0. The van der Waals surface area contributed by atoms with Crippen molar-refractivity contribution in [3.8, 4) is 5.75 Å². The van der Waals surface area contributed by atoms with E-state index in [1.54, 1.807) is 0 Å². The zero-order valence-electron chi connectivity index (χ0n) is 11.3. The summed E-state index contributed by atoms with van der Waals surface area (Å²) in [5, 5.41) is 0. The molecule has 106 valence electrons. The Balaban J connectivity index is 2.08. The molecule has 2 aromatic rings. The van der Waals surface area contributed by atoms with Gasteiger partial charge in [0.15, 0.2) is 0 Å². The average Bonchev–Trinajstić information content (AvgIpc) is 2.38. The number of hydrogen-bond acceptors (Lipinski definition) is 2. The van der Waals surface area contributed by atoms with Crippen LogP contribution in [-0.2, 0) is 6.42 Å². The van der Waals surface area contributed by atoms with Gasteiger partial charge in [0, 0.05) is 12.1 Å². The van der Waals surface area contributed by atoms with E-state index in [9.17, 15) is 8.78 Å². The Labute approximate surface area is 117 Å². The molecule has 0 heterocycles. The van der Waals surface area contributed by atoms with Gasteiger partial charge in [0.2, 0.25) is 0 Å². The zero-order chi connectivity index (χ0) is 14.5. The Bertz CT molecular complexity index is 549. The highest BCUT2D eigenvalue weighted by Gasteiger charge is 2.09. The Morgan fingerprint density at radius 1 is 1.05 bits per heavy atom. The molecule has 0 bridgehead atoms. The lowest BCUT2D eigenvalue weighted by atomic mass is 9.99. The quantitative estimate of drug-likeness (QED) is 0.906. The summed E-state index contributed by atoms with van der Waals surface area (Å²) >= 11 is 0. The predicted octanol–water partition coefficient (Wildman–Crippen LogP) is 3.61. The van der Waals surface area contributed by atoms with Crippen LogP contribution in [-0.4, -0.2) is 6.61 Å². The van der Waals surface area contributed by atoms with Crippen molar-refractivity contribution >= 4 is 0 Å². The third-order valence-electron chi connectivity index (χ3n) is 3.00. The minimum Gasteiger partial charge on any atom is -0.494 e. The molecule has 0 aromatic heterocycles. The fourth-order valence-corrected chi connectivity index (χ4v) is 2.08. The lowest BCUT2D eigenvalue weighted by molar-refractivity contribution is 0.340. The maximum absolute atomic E-state index is 13.1. The largest absolute Gasteiger partial charge is 0.494 e. The van der Waals surface area contributed by atoms with E-state index in [2.05, 4.69) is 0 Å². The summed E-state index contributed by atoms with van der Waals surface area (Å²) in [5.74, 6) is -0.391. The second kappa shape index (κ2) is 6.48. The van der Waals surface area contributed by atoms with Crippen molar-refractivity contribution in [1.29, 1.82) is 0 Å². The van der Waals surface area contributed by atoms with Crippen molar-refractivity contribution in [1.82, 2.24) is 0 Å². The maximum Gasteiger partial charge on any atom is 0.126 e. The molecule has 2 N–H and O–H groups in total. The minimum atomic E-state index is -0.584. The first-order valence-electron chi connectivity index (χ1n) is 6.52. The Morgan fingerprint density at radius 2 is 1.65 bits per heavy atom. The summed E-state index contributed by atoms with van der Waals surface area (Å²) in [6.07, 6.45) is 0.378. The van der Waals surface area contributed by atoms with Crippen LogP contribution in [0.3, 0.4) is 0 Å². The maximum atomic E-state index is 13.1. The molecule has 2 nitrogen and oxygen atoms in total. The molecule has 0 spiro atoms. The smallest absolute Gasteiger partial charge is 0.126 e. The van der Waals surface area contributed by atoms with Crippen LogP contribution in [0.5, 0.6) is 5.75 Å². The molecule has 2 aromatic carbocycles. The van der Waals surface area contributed by atoms with E-state index >= 15 is 0 Å². The number of benzene rings is 2. The van der Waals surface area contributed by atoms with Gasteiger partial charge in [-0.15, -0.1) is 0 Å². The van der Waals surface area contributed by atoms with E-state index in [-0.39, 0.29) is 6.04 Å². The number of hydrogen-bond donors (Lipinski definition) is 1. The van der Waals surface area contributed by atoms with Gasteiger partial charge in [0.1, 0.15) is 17.4 Å². The molecule has 0 fully saturated rings. The molecule has 0 aliphatic heterocycles. The SMILES string of the molecule is CCOc1ccc(C(N)Cc2cc(F)cc(F)c2)cc1. The second-order valence-corrected chi connectivity index (χ2v) is 4.59. The molecule has 1 atom stereocenters. The lowest BCUT2D eigenvalue weighted by Crippen LogP contribution is -2.13. The van der Waals surface area contributed by atoms with E-state index in [1.807, 2.05) is 31.2 Å². The number of halogens is 2. The third kappa shape index (κ3) is 3.78. The topological polar surface area (TPSA) is 35.2 Å². The lowest BCUT2D eigenvalue weighted by Gasteiger charge is -2.13. The first-order chi connectivity index (χ1) is 9.58. The van der Waals surface area contributed by atoms with Gasteiger partial charge in [0.05, 0.1) is 6.61 Å². The van der Waals surface area contributed by atoms with Gasteiger partial charge in [-0.1, -0.05) is 12.1 Å². The van der Waals surface area contributed by atoms with Crippen LogP contribution >= 0.6 is 0 Å². The molecule has 1 unspecified atom stereocenters. The van der Waals surface area contributed by atoms with Crippen LogP contribution in [0.2, 0.25) is 0 Å². The normalized spacial score (nSPS) is 12.2. The Hall–Kier alpha value is -1.94. The first kappa shape index (κ1) is 14.5. The van der Waals surface area contributed by atoms with Crippen molar-refractivity contribution in [3.63, 3.8) is 0 Å². The van der Waals surface area contributed by atoms with Crippen LogP contribution < -0.4 is 10.5 Å². The fraction of sp³-hybridized carbons (Fsp3) is 0.250. The van der Waals surface area contributed by atoms with E-state index in [1.165, 1.54) is 12.1 Å². The van der Waals surface area contributed by atoms with Crippen molar-refractivity contribution in [2.75, 3.05) is 6.61 Å². The summed E-state index contributed by atoms with van der Waals surface area (Å²) in [6.45, 7) is 2.52. The molecule has 0 saturated heterocycles. The standard InChI is InChI=1S/C16H17F2NO/c1-2-20-15-5-3-12(4-6-15)16(19)9-11-7-13(17)10-14(18)8-11/h3-8,10,16H,2,9,19H2,1H3. The molecule has 0 saturated carbocycles. The highest BCUT2D eigenvalue weighted by atomic mass is 19.1. The van der Waals surface area contributed by atoms with Gasteiger partial charge in [-0.05, 0) is 48.7 Å². The second-order valence-electron chi connectivity index (χ2n) is 4.59. The molecule has 2 rings (SSSR count). The minimum absolute atomic E-state index is 0.313. The van der Waals surface area contributed by atoms with Crippen molar-refractivity contribution in [3.05, 3.63) is 65.2 Å². The van der Waals surface area contributed by atoms with Gasteiger partial charge in [-0.2, -0.15) is 0 Å². The van der Waals surface area contributed by atoms with Crippen LogP contribution in [0.15, 0.2) is 42.5 Å². The van der Waals surface area contributed by atoms with Gasteiger partial charge >= 0.3 is 0 Å². The first-order valence-corrected chi connectivity index (χ1v) is 6.52. The fourth-order valence-electron chi connectivity index (χ4n) is 2.08. The molecule has 4 heteroatoms. The van der Waals surface area contributed by atoms with Gasteiger partial charge in [0.25, 0.3) is 0 Å². The highest BCUT2D eigenvalue weighted by Crippen LogP contribution is 2.20. The predicted molar refractivity (Wildman–Crippen MR) is 74.6 cm³/mol. The molecular weight excluding hydrogens is 260 g/mol. The van der Waals surface area contributed by atoms with Crippen molar-refractivity contribution < 1.29 is 13.5 Å². The highest BCUT2D eigenvalue weighted by molar-refractivity contribution is 5.30. The zero-order valence-corrected chi connectivity index (χ0v) is 11.3. The molecule has 0 aliphatic rings. The monoisotopic (exact) mass is 277 g/mol. The third-order valence-corrected chi connectivity index (χ3v) is 3.00. The Kier molecular flexibility index (Phi) is 4.69. The summed E-state index contributed by atoms with van der Waals surface area (Å²) in [5.41, 5.74) is 7.51. The molecule has 20 heavy (non-hydrogen) atoms. The summed E-state index contributed by atoms with van der Waals surface area (Å²) in [6, 6.07) is 10.6. The van der Waals surface area contributed by atoms with Crippen LogP contribution in [0.25, 0.3) is 0 Å². The van der Waals surface area contributed by atoms with Crippen LogP contribution in [0.1, 0.15) is 24.1 Å². The number of nitrogens with two attached hydrogens (primary N) is 1. The van der Waals surface area contributed by atoms with E-state index in [0.29, 0.717) is 18.6 Å². The number of rotatable bonds is 5. The number of ether oxygens (including phenoxy) is 1. The van der Waals surface area contributed by atoms with Crippen molar-refractivity contribution in [2.24, 2.45) is 5.73 Å². The van der Waals surface area contributed by atoms with E-state index in [4.69, 9.17) is 10.5 Å². The summed E-state index contributed by atoms with van der Waals surface area (Å²) in [7, 11) is 0. The molecule has 0 aliphatic carbocycles. The average molecular weight is 277 g/mol. The van der Waals surface area contributed by atoms with Crippen LogP contribution in [0.4, 0.5) is 8.78 Å². The van der Waals surface area contributed by atoms with Gasteiger partial charge in [-0.25, -0.2) is 8.78 Å². The Morgan fingerprint density at radius 3 is 2.20 bits per heavy atom. The summed E-state index contributed by atoms with van der Waals surface area (Å²) < 4.78 is 31.6. The van der Waals surface area contributed by atoms with Gasteiger partial charge in [-0.3, -0.25) is 0 Å². The van der Waals surface area contributed by atoms with Crippen LogP contribution in [0, 0.1) is 11.6 Å². The molecule has 0 radical (unpaired) electrons. The van der Waals surface area contributed by atoms with E-state index in [0.717, 1.165) is 17.4 Å². The van der Waals surface area contributed by atoms with Gasteiger partial charge < -0.3 is 10.5 Å². The van der Waals surface area contributed by atoms with E-state index < -0.39 is 11.6 Å². The van der Waals surface area contributed by atoms with Crippen molar-refractivity contribution in [2.45, 2.75) is 19.4 Å². The molecule has 0 amide bonds.